The van der Waals surface area contributed by atoms with Gasteiger partial charge in [0.2, 0.25) is 0 Å². The van der Waals surface area contributed by atoms with Crippen molar-refractivity contribution < 1.29 is 24.2 Å². The minimum Gasteiger partial charge on any atom is -0.497 e. The summed E-state index contributed by atoms with van der Waals surface area (Å²) in [6, 6.07) is 19.9. The number of carboxylic acids is 1. The first-order valence-corrected chi connectivity index (χ1v) is 11.4. The number of likely N-dealkylation sites (N-methyl/N-ethyl adjacent to an activating group) is 1. The number of carbonyl (C=O) groups excluding carboxylic acids is 1. The van der Waals surface area contributed by atoms with E-state index in [4.69, 9.17) is 9.47 Å². The summed E-state index contributed by atoms with van der Waals surface area (Å²) >= 11 is 3.41. The Labute approximate surface area is 200 Å². The standard InChI is InChI=1S/C26H24BrNO5/c1-3-28(24(25(29)30)21-14-16(32-2)12-13-23(21)27)26(31)33-15-22-19-10-6-4-8-17(19)18-9-5-7-11-20(18)22/h4-14,22,24H,3,15H2,1-2H3,(H,29,30). The molecule has 33 heavy (non-hydrogen) atoms. The van der Waals surface area contributed by atoms with Gasteiger partial charge in [0.05, 0.1) is 7.11 Å². The number of hydrogen-bond donors (Lipinski definition) is 1. The van der Waals surface area contributed by atoms with Gasteiger partial charge < -0.3 is 14.6 Å². The third-order valence-corrected chi connectivity index (χ3v) is 6.68. The Kier molecular flexibility index (Phi) is 6.70. The fourth-order valence-electron chi connectivity index (χ4n) is 4.39. The molecule has 3 aromatic rings. The molecule has 0 heterocycles. The fourth-order valence-corrected chi connectivity index (χ4v) is 4.85. The van der Waals surface area contributed by atoms with Crippen molar-refractivity contribution in [2.75, 3.05) is 20.3 Å². The summed E-state index contributed by atoms with van der Waals surface area (Å²) in [6.07, 6.45) is -0.679. The normalized spacial score (nSPS) is 13.1. The molecule has 0 bridgehead atoms. The molecule has 4 rings (SSSR count). The number of halogens is 1. The number of methoxy groups -OCH3 is 1. The van der Waals surface area contributed by atoms with E-state index in [2.05, 4.69) is 28.1 Å². The minimum atomic E-state index is -1.23. The van der Waals surface area contributed by atoms with Gasteiger partial charge in [0.15, 0.2) is 6.04 Å². The Bertz CT molecular complexity index is 1150. The van der Waals surface area contributed by atoms with Gasteiger partial charge in [0, 0.05) is 22.5 Å². The van der Waals surface area contributed by atoms with Gasteiger partial charge in [0.1, 0.15) is 12.4 Å². The zero-order valence-electron chi connectivity index (χ0n) is 18.3. The summed E-state index contributed by atoms with van der Waals surface area (Å²) in [5.74, 6) is -0.755. The van der Waals surface area contributed by atoms with Gasteiger partial charge in [-0.1, -0.05) is 64.5 Å². The molecule has 0 saturated carbocycles. The highest BCUT2D eigenvalue weighted by molar-refractivity contribution is 9.10. The average Bonchev–Trinajstić information content (AvgIpc) is 3.15. The van der Waals surface area contributed by atoms with Gasteiger partial charge in [-0.3, -0.25) is 4.90 Å². The second-order valence-corrected chi connectivity index (χ2v) is 8.57. The molecule has 170 valence electrons. The molecule has 7 heteroatoms. The molecule has 1 atom stereocenters. The molecule has 1 unspecified atom stereocenters. The molecular formula is C26H24BrNO5. The number of amides is 1. The second-order valence-electron chi connectivity index (χ2n) is 7.72. The van der Waals surface area contributed by atoms with Crippen LogP contribution in [0.1, 0.15) is 35.6 Å². The van der Waals surface area contributed by atoms with Crippen LogP contribution in [-0.4, -0.2) is 42.3 Å². The van der Waals surface area contributed by atoms with Crippen LogP contribution in [0.3, 0.4) is 0 Å². The second kappa shape index (κ2) is 9.67. The van der Waals surface area contributed by atoms with Gasteiger partial charge in [-0.25, -0.2) is 9.59 Å². The molecule has 1 N–H and O–H groups in total. The third kappa shape index (κ3) is 4.33. The molecule has 6 nitrogen and oxygen atoms in total. The highest BCUT2D eigenvalue weighted by Gasteiger charge is 2.35. The summed E-state index contributed by atoms with van der Waals surface area (Å²) in [5, 5.41) is 9.99. The molecular weight excluding hydrogens is 486 g/mol. The van der Waals surface area contributed by atoms with Crippen LogP contribution in [0, 0.1) is 0 Å². The lowest BCUT2D eigenvalue weighted by Gasteiger charge is -2.29. The highest BCUT2D eigenvalue weighted by atomic mass is 79.9. The van der Waals surface area contributed by atoms with E-state index in [1.165, 1.54) is 12.0 Å². The molecule has 0 spiro atoms. The molecule has 3 aromatic carbocycles. The number of benzene rings is 3. The minimum absolute atomic E-state index is 0.105. The Morgan fingerprint density at radius 1 is 1.03 bits per heavy atom. The number of aliphatic carboxylic acids is 1. The van der Waals surface area contributed by atoms with Gasteiger partial charge in [-0.2, -0.15) is 0 Å². The first-order chi connectivity index (χ1) is 16.0. The van der Waals surface area contributed by atoms with E-state index >= 15 is 0 Å². The smallest absolute Gasteiger partial charge is 0.410 e. The van der Waals surface area contributed by atoms with Crippen molar-refractivity contribution in [3.8, 4) is 16.9 Å². The SMILES string of the molecule is CCN(C(=O)OCC1c2ccccc2-c2ccccc21)C(C(=O)O)c1cc(OC)ccc1Br. The van der Waals surface area contributed by atoms with E-state index in [1.807, 2.05) is 36.4 Å². The quantitative estimate of drug-likeness (QED) is 0.431. The monoisotopic (exact) mass is 509 g/mol. The van der Waals surface area contributed by atoms with Crippen molar-refractivity contribution in [2.24, 2.45) is 0 Å². The first-order valence-electron chi connectivity index (χ1n) is 10.6. The molecule has 0 fully saturated rings. The van der Waals surface area contributed by atoms with Crippen LogP contribution in [0.5, 0.6) is 5.75 Å². The maximum atomic E-state index is 13.1. The van der Waals surface area contributed by atoms with Gasteiger partial charge in [-0.05, 0) is 47.4 Å². The number of hydrogen-bond acceptors (Lipinski definition) is 4. The summed E-state index contributed by atoms with van der Waals surface area (Å²) in [5.41, 5.74) is 4.87. The molecule has 1 aliphatic rings. The van der Waals surface area contributed by atoms with Gasteiger partial charge >= 0.3 is 12.1 Å². The van der Waals surface area contributed by atoms with Crippen LogP contribution in [0.15, 0.2) is 71.2 Å². The summed E-state index contributed by atoms with van der Waals surface area (Å²) in [4.78, 5) is 26.6. The zero-order valence-corrected chi connectivity index (χ0v) is 19.9. The molecule has 0 saturated heterocycles. The third-order valence-electron chi connectivity index (χ3n) is 5.95. The Balaban J connectivity index is 1.59. The van der Waals surface area contributed by atoms with E-state index in [0.29, 0.717) is 15.8 Å². The van der Waals surface area contributed by atoms with E-state index in [-0.39, 0.29) is 19.1 Å². The Hall–Kier alpha value is -3.32. The summed E-state index contributed by atoms with van der Waals surface area (Å²) < 4.78 is 11.5. The van der Waals surface area contributed by atoms with Gasteiger partial charge in [-0.15, -0.1) is 0 Å². The average molecular weight is 510 g/mol. The van der Waals surface area contributed by atoms with E-state index in [9.17, 15) is 14.7 Å². The Morgan fingerprint density at radius 2 is 1.64 bits per heavy atom. The van der Waals surface area contributed by atoms with E-state index in [1.54, 1.807) is 25.1 Å². The fraction of sp³-hybridized carbons (Fsp3) is 0.231. The topological polar surface area (TPSA) is 76.1 Å². The highest BCUT2D eigenvalue weighted by Crippen LogP contribution is 2.44. The predicted octanol–water partition coefficient (Wildman–Crippen LogP) is 5.85. The van der Waals surface area contributed by atoms with Crippen molar-refractivity contribution in [3.05, 3.63) is 87.9 Å². The van der Waals surface area contributed by atoms with E-state index in [0.717, 1.165) is 22.3 Å². The number of carboxylic acid groups (broad SMARTS) is 1. The van der Waals surface area contributed by atoms with Crippen LogP contribution in [0.4, 0.5) is 4.79 Å². The number of ether oxygens (including phenoxy) is 2. The Morgan fingerprint density at radius 3 is 2.18 bits per heavy atom. The molecule has 0 aliphatic heterocycles. The predicted molar refractivity (Wildman–Crippen MR) is 129 cm³/mol. The van der Waals surface area contributed by atoms with Crippen LogP contribution < -0.4 is 4.74 Å². The van der Waals surface area contributed by atoms with Crippen LogP contribution in [0.25, 0.3) is 11.1 Å². The summed E-state index contributed by atoms with van der Waals surface area (Å²) in [6.45, 7) is 2.01. The van der Waals surface area contributed by atoms with Crippen LogP contribution >= 0.6 is 15.9 Å². The molecule has 1 aliphatic carbocycles. The van der Waals surface area contributed by atoms with Crippen molar-refractivity contribution in [3.63, 3.8) is 0 Å². The molecule has 0 radical (unpaired) electrons. The number of nitrogens with zero attached hydrogens (tertiary/aromatic N) is 1. The lowest BCUT2D eigenvalue weighted by atomic mass is 9.98. The van der Waals surface area contributed by atoms with Crippen molar-refractivity contribution in [1.82, 2.24) is 4.90 Å². The number of fused-ring (bicyclic) bond motifs is 3. The lowest BCUT2D eigenvalue weighted by Crippen LogP contribution is -2.40. The zero-order chi connectivity index (χ0) is 23.5. The van der Waals surface area contributed by atoms with E-state index < -0.39 is 18.1 Å². The number of carbonyl (C=O) groups is 2. The lowest BCUT2D eigenvalue weighted by molar-refractivity contribution is -0.143. The maximum Gasteiger partial charge on any atom is 0.410 e. The molecule has 1 amide bonds. The van der Waals surface area contributed by atoms with Crippen LogP contribution in [0.2, 0.25) is 0 Å². The first kappa shape index (κ1) is 22.9. The largest absolute Gasteiger partial charge is 0.497 e. The maximum absolute atomic E-state index is 13.1. The van der Waals surface area contributed by atoms with Crippen molar-refractivity contribution in [1.29, 1.82) is 0 Å². The summed E-state index contributed by atoms with van der Waals surface area (Å²) in [7, 11) is 1.51. The van der Waals surface area contributed by atoms with Crippen LogP contribution in [-0.2, 0) is 9.53 Å². The molecule has 0 aromatic heterocycles. The van der Waals surface area contributed by atoms with Gasteiger partial charge in [0.25, 0.3) is 0 Å². The van der Waals surface area contributed by atoms with Crippen molar-refractivity contribution >= 4 is 28.0 Å². The number of rotatable bonds is 7. The van der Waals surface area contributed by atoms with Crippen molar-refractivity contribution in [2.45, 2.75) is 18.9 Å².